The molecule has 0 N–H and O–H groups in total. The second kappa shape index (κ2) is 3.29. The summed E-state index contributed by atoms with van der Waals surface area (Å²) in [6.07, 6.45) is 1.74. The molecule has 0 bridgehead atoms. The molecule has 0 amide bonds. The van der Waals surface area contributed by atoms with Crippen LogP contribution in [-0.4, -0.2) is 9.97 Å². The third-order valence-corrected chi connectivity index (χ3v) is 3.22. The van der Waals surface area contributed by atoms with Gasteiger partial charge < -0.3 is 4.74 Å². The lowest BCUT2D eigenvalue weighted by atomic mass is 9.99. The van der Waals surface area contributed by atoms with E-state index in [-0.39, 0.29) is 0 Å². The van der Waals surface area contributed by atoms with Crippen LogP contribution < -0.4 is 4.74 Å². The lowest BCUT2D eigenvalue weighted by Crippen LogP contribution is -2.01. The van der Waals surface area contributed by atoms with Gasteiger partial charge in [-0.15, -0.1) is 0 Å². The SMILES string of the molecule is Cc1ncc2c(n1)-c1cccc3cccc(c13)O2. The second-order valence-corrected chi connectivity index (χ2v) is 4.39. The highest BCUT2D eigenvalue weighted by Crippen LogP contribution is 2.44. The van der Waals surface area contributed by atoms with Crippen molar-refractivity contribution >= 4 is 10.8 Å². The van der Waals surface area contributed by atoms with Gasteiger partial charge in [0.2, 0.25) is 0 Å². The van der Waals surface area contributed by atoms with Crippen molar-refractivity contribution in [3.63, 3.8) is 0 Å². The Bertz CT molecular complexity index is 775. The molecule has 0 spiro atoms. The molecule has 86 valence electrons. The molecule has 2 heterocycles. The van der Waals surface area contributed by atoms with Crippen LogP contribution in [0.1, 0.15) is 5.82 Å². The molecule has 1 aliphatic rings. The fraction of sp³-hybridized carbons (Fsp3) is 0.0667. The number of benzene rings is 2. The Morgan fingerprint density at radius 1 is 1.00 bits per heavy atom. The third-order valence-electron chi connectivity index (χ3n) is 3.22. The first kappa shape index (κ1) is 9.59. The number of nitrogens with zero attached hydrogens (tertiary/aromatic N) is 2. The van der Waals surface area contributed by atoms with E-state index in [4.69, 9.17) is 4.74 Å². The van der Waals surface area contributed by atoms with Crippen molar-refractivity contribution in [2.75, 3.05) is 0 Å². The zero-order valence-electron chi connectivity index (χ0n) is 9.84. The van der Waals surface area contributed by atoms with Gasteiger partial charge in [-0.1, -0.05) is 30.3 Å². The van der Waals surface area contributed by atoms with Crippen molar-refractivity contribution in [3.8, 4) is 22.8 Å². The quantitative estimate of drug-likeness (QED) is 0.465. The maximum atomic E-state index is 5.88. The summed E-state index contributed by atoms with van der Waals surface area (Å²) in [6.45, 7) is 1.89. The zero-order chi connectivity index (χ0) is 12.1. The molecule has 3 aromatic rings. The topological polar surface area (TPSA) is 35.0 Å². The van der Waals surface area contributed by atoms with E-state index in [9.17, 15) is 0 Å². The van der Waals surface area contributed by atoms with Crippen LogP contribution in [0.2, 0.25) is 0 Å². The van der Waals surface area contributed by atoms with E-state index >= 15 is 0 Å². The minimum Gasteiger partial charge on any atom is -0.453 e. The summed E-state index contributed by atoms with van der Waals surface area (Å²) in [7, 11) is 0. The van der Waals surface area contributed by atoms with Crippen molar-refractivity contribution in [2.24, 2.45) is 0 Å². The van der Waals surface area contributed by atoms with Crippen LogP contribution in [0, 0.1) is 6.92 Å². The molecule has 0 fully saturated rings. The highest BCUT2D eigenvalue weighted by atomic mass is 16.5. The molecule has 1 aromatic heterocycles. The minimum absolute atomic E-state index is 0.729. The first-order valence-electron chi connectivity index (χ1n) is 5.86. The van der Waals surface area contributed by atoms with Crippen LogP contribution in [0.15, 0.2) is 42.6 Å². The third kappa shape index (κ3) is 1.19. The first-order valence-corrected chi connectivity index (χ1v) is 5.86. The lowest BCUT2D eigenvalue weighted by Gasteiger charge is -2.19. The Hall–Kier alpha value is -2.42. The smallest absolute Gasteiger partial charge is 0.172 e. The summed E-state index contributed by atoms with van der Waals surface area (Å²) in [5.41, 5.74) is 2.00. The predicted octanol–water partition coefficient (Wildman–Crippen LogP) is 3.71. The molecular weight excluding hydrogens is 224 g/mol. The highest BCUT2D eigenvalue weighted by Gasteiger charge is 2.20. The molecular formula is C15H10N2O. The number of aromatic nitrogens is 2. The number of rotatable bonds is 0. The molecule has 0 saturated heterocycles. The Morgan fingerprint density at radius 2 is 1.83 bits per heavy atom. The minimum atomic E-state index is 0.729. The van der Waals surface area contributed by atoms with E-state index in [0.717, 1.165) is 34.0 Å². The van der Waals surface area contributed by atoms with Gasteiger partial charge in [0.1, 0.15) is 17.3 Å². The summed E-state index contributed by atoms with van der Waals surface area (Å²) >= 11 is 0. The number of fused-ring (bicyclic) bond motifs is 2. The molecule has 0 saturated carbocycles. The molecule has 3 nitrogen and oxygen atoms in total. The van der Waals surface area contributed by atoms with E-state index in [1.165, 1.54) is 5.39 Å². The molecule has 0 aliphatic carbocycles. The summed E-state index contributed by atoms with van der Waals surface area (Å²) in [6, 6.07) is 12.3. The van der Waals surface area contributed by atoms with Crippen molar-refractivity contribution in [1.82, 2.24) is 9.97 Å². The number of hydrogen-bond donors (Lipinski definition) is 0. The van der Waals surface area contributed by atoms with E-state index in [2.05, 4.69) is 28.2 Å². The molecule has 0 radical (unpaired) electrons. The Balaban J connectivity index is 2.18. The molecule has 2 aromatic carbocycles. The fourth-order valence-corrected chi connectivity index (χ4v) is 2.43. The molecule has 1 aliphatic heterocycles. The Kier molecular flexibility index (Phi) is 1.75. The van der Waals surface area contributed by atoms with Gasteiger partial charge in [0, 0.05) is 10.9 Å². The summed E-state index contributed by atoms with van der Waals surface area (Å²) in [5.74, 6) is 2.36. The van der Waals surface area contributed by atoms with Crippen LogP contribution >= 0.6 is 0 Å². The van der Waals surface area contributed by atoms with Gasteiger partial charge in [0.05, 0.1) is 6.20 Å². The normalized spacial score (nSPS) is 12.1. The largest absolute Gasteiger partial charge is 0.453 e. The highest BCUT2D eigenvalue weighted by molar-refractivity contribution is 6.02. The second-order valence-electron chi connectivity index (χ2n) is 4.39. The molecule has 3 heteroatoms. The van der Waals surface area contributed by atoms with Gasteiger partial charge in [-0.25, -0.2) is 9.97 Å². The van der Waals surface area contributed by atoms with Crippen molar-refractivity contribution in [2.45, 2.75) is 6.92 Å². The van der Waals surface area contributed by atoms with Crippen LogP contribution in [0.4, 0.5) is 0 Å². The van der Waals surface area contributed by atoms with Crippen molar-refractivity contribution in [3.05, 3.63) is 48.4 Å². The lowest BCUT2D eigenvalue weighted by molar-refractivity contribution is 0.481. The van der Waals surface area contributed by atoms with Gasteiger partial charge in [-0.3, -0.25) is 0 Å². The standard InChI is InChI=1S/C15H10N2O/c1-9-16-8-13-15(17-9)11-6-2-4-10-5-3-7-12(18-13)14(10)11/h2-8H,1H3. The maximum absolute atomic E-state index is 5.88. The van der Waals surface area contributed by atoms with Crippen molar-refractivity contribution in [1.29, 1.82) is 0 Å². The average Bonchev–Trinajstić information content (AvgIpc) is 2.40. The van der Waals surface area contributed by atoms with Gasteiger partial charge in [0.15, 0.2) is 5.75 Å². The Labute approximate surface area is 104 Å². The first-order chi connectivity index (χ1) is 8.83. The van der Waals surface area contributed by atoms with Gasteiger partial charge >= 0.3 is 0 Å². The summed E-state index contributed by atoms with van der Waals surface area (Å²) in [5, 5.41) is 2.30. The van der Waals surface area contributed by atoms with E-state index < -0.39 is 0 Å². The van der Waals surface area contributed by atoms with E-state index in [0.29, 0.717) is 0 Å². The fourth-order valence-electron chi connectivity index (χ4n) is 2.43. The van der Waals surface area contributed by atoms with Gasteiger partial charge in [-0.2, -0.15) is 0 Å². The summed E-state index contributed by atoms with van der Waals surface area (Å²) < 4.78 is 5.88. The zero-order valence-corrected chi connectivity index (χ0v) is 9.84. The monoisotopic (exact) mass is 234 g/mol. The molecule has 18 heavy (non-hydrogen) atoms. The van der Waals surface area contributed by atoms with Gasteiger partial charge in [0.25, 0.3) is 0 Å². The van der Waals surface area contributed by atoms with Crippen molar-refractivity contribution < 1.29 is 4.74 Å². The van der Waals surface area contributed by atoms with Crippen LogP contribution in [0.25, 0.3) is 22.0 Å². The molecule has 0 unspecified atom stereocenters. The average molecular weight is 234 g/mol. The van der Waals surface area contributed by atoms with Crippen LogP contribution in [-0.2, 0) is 0 Å². The van der Waals surface area contributed by atoms with E-state index in [1.807, 2.05) is 25.1 Å². The maximum Gasteiger partial charge on any atom is 0.172 e. The summed E-state index contributed by atoms with van der Waals surface area (Å²) in [4.78, 5) is 8.69. The molecule has 0 atom stereocenters. The number of hydrogen-bond acceptors (Lipinski definition) is 3. The molecule has 4 rings (SSSR count). The Morgan fingerprint density at radius 3 is 2.72 bits per heavy atom. The number of ether oxygens (including phenoxy) is 1. The predicted molar refractivity (Wildman–Crippen MR) is 69.8 cm³/mol. The number of aryl methyl sites for hydroxylation is 1. The van der Waals surface area contributed by atoms with E-state index in [1.54, 1.807) is 6.20 Å². The van der Waals surface area contributed by atoms with Gasteiger partial charge in [-0.05, 0) is 18.4 Å². The van der Waals surface area contributed by atoms with Crippen LogP contribution in [0.3, 0.4) is 0 Å². The van der Waals surface area contributed by atoms with Crippen LogP contribution in [0.5, 0.6) is 11.5 Å².